The number of rotatable bonds is 10. The Labute approximate surface area is 415 Å². The minimum Gasteiger partial charge on any atom is -2.00 e. The van der Waals surface area contributed by atoms with Crippen LogP contribution in [0.4, 0.5) is 0 Å². The molecule has 0 unspecified atom stereocenters. The maximum absolute atomic E-state index is 12.4. The molecule has 0 fully saturated rings. The van der Waals surface area contributed by atoms with Gasteiger partial charge >= 0.3 is 103 Å². The summed E-state index contributed by atoms with van der Waals surface area (Å²) in [7, 11) is 0. The first kappa shape index (κ1) is 58.9. The maximum Gasteiger partial charge on any atom is 1.00 e. The van der Waals surface area contributed by atoms with Gasteiger partial charge in [-0.2, -0.15) is 20.4 Å². The fraction of sp³-hybridized carbons (Fsp3) is 0.0968. The van der Waals surface area contributed by atoms with Crippen molar-refractivity contribution in [3.05, 3.63) is 130 Å². The second-order valence-corrected chi connectivity index (χ2v) is 11.9. The third kappa shape index (κ3) is 22.4. The molecule has 18 heteroatoms. The molecule has 0 saturated carbocycles. The van der Waals surface area contributed by atoms with Gasteiger partial charge in [-0.05, 0) is 48.6 Å². The van der Waals surface area contributed by atoms with E-state index in [9.17, 15) is 10.2 Å². The molecule has 49 heavy (non-hydrogen) atoms. The number of nitrogens with zero attached hydrogens (tertiary/aromatic N) is 4. The van der Waals surface area contributed by atoms with E-state index >= 15 is 0 Å². The molecule has 0 aromatic heterocycles. The van der Waals surface area contributed by atoms with Crippen molar-refractivity contribution in [3.8, 4) is 11.5 Å². The van der Waals surface area contributed by atoms with Gasteiger partial charge in [0.05, 0.1) is 12.4 Å². The Kier molecular flexibility index (Phi) is 39.9. The molecule has 0 N–H and O–H groups in total. The van der Waals surface area contributed by atoms with Crippen molar-refractivity contribution < 1.29 is 172 Å². The zero-order chi connectivity index (χ0) is 28.9. The van der Waals surface area contributed by atoms with E-state index in [-0.39, 0.29) is 173 Å². The summed E-state index contributed by atoms with van der Waals surface area (Å²) in [6.45, 7) is 0. The van der Waals surface area contributed by atoms with Crippen molar-refractivity contribution >= 4 is 70.0 Å². The van der Waals surface area contributed by atoms with Crippen molar-refractivity contribution in [2.24, 2.45) is 20.4 Å². The van der Waals surface area contributed by atoms with Crippen LogP contribution in [-0.4, -0.2) is 21.2 Å². The molecule has 10 nitrogen and oxygen atoms in total. The standard InChI is InChI=1S/C31H28N4O2S4.2K.4O.2V/c36-28-13-11-24(16-26(28)18-32-34-30(38)40-20-22-7-3-1-4-8-22)15-25-12-14-29(37)27(17-25)19-33-35-31(39)41-21-23-9-5-2-6-10-23;;;;;;;;/h1-14,16-19,36-37H,15,20-21H2,(H,34,38)(H,35,39);;;;;;;;/q;2*+1;4*-2;;/p-4/b32-18+,33-19+;;;;;;;;. The van der Waals surface area contributed by atoms with Gasteiger partial charge in [-0.3, -0.25) is 0 Å². The topological polar surface area (TPSA) is 210 Å². The van der Waals surface area contributed by atoms with Gasteiger partial charge in [0.15, 0.2) is 0 Å². The molecule has 0 saturated heterocycles. The van der Waals surface area contributed by atoms with Crippen molar-refractivity contribution in [3.63, 3.8) is 0 Å². The molecular formula is C31H24K2N4O6S4V2-10. The predicted molar refractivity (Wildman–Crippen MR) is 178 cm³/mol. The quantitative estimate of drug-likeness (QED) is 0.0662. The van der Waals surface area contributed by atoms with Crippen molar-refractivity contribution in [2.45, 2.75) is 17.9 Å². The summed E-state index contributed by atoms with van der Waals surface area (Å²) in [5.41, 5.74) is 4.87. The summed E-state index contributed by atoms with van der Waals surface area (Å²) in [4.78, 5) is 0. The molecule has 4 aromatic carbocycles. The number of hydrogen-bond donors (Lipinski definition) is 0. The first-order valence-corrected chi connectivity index (χ1v) is 15.2. The SMILES string of the molecule is [K+].[K+].[O-2].[O-2].[O-2].[O-2].[O-]c1ccc(Cc2ccc([O-])c(/C=N/N=C(\[S-])SCc3ccccc3)c2)cc1/C=N/N=C(\[S-])SCc1ccccc1.[V].[V]. The molecule has 4 aromatic rings. The van der Waals surface area contributed by atoms with Gasteiger partial charge in [-0.1, -0.05) is 109 Å². The first-order valence-electron chi connectivity index (χ1n) is 12.5. The monoisotopic (exact) mass is 856 g/mol. The van der Waals surface area contributed by atoms with Crippen LogP contribution in [0, 0.1) is 0 Å². The van der Waals surface area contributed by atoms with Crippen LogP contribution in [0.25, 0.3) is 0 Å². The third-order valence-electron chi connectivity index (χ3n) is 5.64. The van der Waals surface area contributed by atoms with E-state index < -0.39 is 0 Å². The Morgan fingerprint density at radius 1 is 0.551 bits per heavy atom. The van der Waals surface area contributed by atoms with Crippen LogP contribution in [0.15, 0.2) is 117 Å². The predicted octanol–water partition coefficient (Wildman–Crippen LogP) is -0.707. The summed E-state index contributed by atoms with van der Waals surface area (Å²) < 4.78 is 0.783. The Bertz CT molecular complexity index is 1480. The van der Waals surface area contributed by atoms with Crippen LogP contribution in [0.2, 0.25) is 0 Å². The summed E-state index contributed by atoms with van der Waals surface area (Å²) >= 11 is 13.3. The first-order chi connectivity index (χ1) is 20.0. The summed E-state index contributed by atoms with van der Waals surface area (Å²) in [5.74, 6) is 1.06. The van der Waals surface area contributed by atoms with E-state index in [1.165, 1.54) is 48.1 Å². The molecule has 0 bridgehead atoms. The second-order valence-electron chi connectivity index (χ2n) is 8.69. The number of hydrogen-bond acceptors (Lipinski definition) is 10. The smallest absolute Gasteiger partial charge is 1.00 e. The van der Waals surface area contributed by atoms with Crippen LogP contribution in [0.1, 0.15) is 33.4 Å². The van der Waals surface area contributed by atoms with Gasteiger partial charge in [-0.25, -0.2) is 0 Å². The second kappa shape index (κ2) is 33.2. The third-order valence-corrected chi connectivity index (χ3v) is 8.12. The molecule has 0 spiro atoms. The average molecular weight is 857 g/mol. The van der Waals surface area contributed by atoms with Crippen LogP contribution in [0.3, 0.4) is 0 Å². The molecular weight excluding hydrogens is 833 g/mol. The molecule has 0 heterocycles. The zero-order valence-electron chi connectivity index (χ0n) is 26.3. The van der Waals surface area contributed by atoms with E-state index in [1.807, 2.05) is 60.7 Å². The summed E-state index contributed by atoms with van der Waals surface area (Å²) in [6.07, 6.45) is 3.34. The summed E-state index contributed by atoms with van der Waals surface area (Å²) in [6, 6.07) is 29.9. The van der Waals surface area contributed by atoms with E-state index in [0.29, 0.717) is 37.8 Å². The van der Waals surface area contributed by atoms with E-state index in [4.69, 9.17) is 25.3 Å². The minimum atomic E-state index is -0.166. The summed E-state index contributed by atoms with van der Waals surface area (Å²) in [5, 5.41) is 40.8. The molecule has 0 aliphatic rings. The molecule has 0 aliphatic heterocycles. The maximum atomic E-state index is 12.4. The fourth-order valence-corrected chi connectivity index (χ4v) is 5.25. The van der Waals surface area contributed by atoms with E-state index in [0.717, 1.165) is 22.3 Å². The molecule has 0 aliphatic carbocycles. The Morgan fingerprint density at radius 2 is 0.898 bits per heavy atom. The van der Waals surface area contributed by atoms with Gasteiger partial charge in [-0.15, -0.1) is 23.5 Å². The van der Waals surface area contributed by atoms with Crippen molar-refractivity contribution in [1.82, 2.24) is 0 Å². The largest absolute Gasteiger partial charge is 2.00 e. The van der Waals surface area contributed by atoms with Crippen molar-refractivity contribution in [2.75, 3.05) is 0 Å². The Morgan fingerprint density at radius 3 is 1.24 bits per heavy atom. The average Bonchev–Trinajstić information content (AvgIpc) is 2.99. The normalized spacial score (nSPS) is 10.4. The van der Waals surface area contributed by atoms with Gasteiger partial charge in [0.25, 0.3) is 0 Å². The van der Waals surface area contributed by atoms with Crippen LogP contribution in [-0.2, 0) is 102 Å². The Balaban J connectivity index is -0.000000807. The number of benzene rings is 4. The zero-order valence-corrected chi connectivity index (χ0v) is 38.6. The van der Waals surface area contributed by atoms with Crippen LogP contribution >= 0.6 is 23.5 Å². The van der Waals surface area contributed by atoms with Crippen molar-refractivity contribution in [1.29, 1.82) is 0 Å². The van der Waals surface area contributed by atoms with E-state index in [1.54, 1.807) is 24.3 Å². The van der Waals surface area contributed by atoms with E-state index in [2.05, 4.69) is 20.4 Å². The molecule has 0 atom stereocenters. The molecule has 250 valence electrons. The number of thioether (sulfide) groups is 2. The molecule has 0 amide bonds. The molecule has 4 rings (SSSR count). The Hall–Kier alpha value is 0.582. The minimum absolute atomic E-state index is 0. The molecule has 2 radical (unpaired) electrons. The van der Waals surface area contributed by atoms with Crippen LogP contribution in [0.5, 0.6) is 11.5 Å². The van der Waals surface area contributed by atoms with Crippen LogP contribution < -0.4 is 113 Å². The van der Waals surface area contributed by atoms with Gasteiger partial charge < -0.3 is 57.4 Å². The van der Waals surface area contributed by atoms with Gasteiger partial charge in [0, 0.05) is 48.6 Å². The van der Waals surface area contributed by atoms with Gasteiger partial charge in [0.2, 0.25) is 0 Å². The fourth-order valence-electron chi connectivity index (χ4n) is 3.63. The van der Waals surface area contributed by atoms with Gasteiger partial charge in [0.1, 0.15) is 0 Å².